The summed E-state index contributed by atoms with van der Waals surface area (Å²) < 4.78 is 32.9. The van der Waals surface area contributed by atoms with Crippen molar-refractivity contribution in [3.05, 3.63) is 157 Å². The van der Waals surface area contributed by atoms with Crippen LogP contribution < -0.4 is 30.0 Å². The third-order valence-corrected chi connectivity index (χ3v) is 7.57. The number of benzene rings is 5. The van der Waals surface area contributed by atoms with Crippen LogP contribution in [-0.2, 0) is 9.47 Å². The van der Waals surface area contributed by atoms with Crippen molar-refractivity contribution < 1.29 is 33.2 Å². The largest absolute Gasteiger partial charge is 0.455 e. The predicted molar refractivity (Wildman–Crippen MR) is 189 cm³/mol. The second-order valence-corrected chi connectivity index (χ2v) is 10.9. The molecule has 1 fully saturated rings. The Bertz CT molecular complexity index is 1880. The molecule has 0 bridgehead atoms. The molecule has 1 aliphatic carbocycles. The molecule has 248 valence electrons. The minimum Gasteiger partial charge on any atom is -0.455 e. The molecule has 8 rings (SSSR count). The molecule has 0 amide bonds. The lowest BCUT2D eigenvalue weighted by Gasteiger charge is -2.22. The number of nitrogen functional groups attached to an aromatic ring is 1. The number of hydrogen-bond acceptors (Lipinski definition) is 9. The first kappa shape index (κ1) is 32.9. The normalized spacial score (nSPS) is 16.4. The van der Waals surface area contributed by atoms with Crippen molar-refractivity contribution in [1.82, 2.24) is 0 Å². The summed E-state index contributed by atoms with van der Waals surface area (Å²) in [7, 11) is 0. The molecule has 2 heterocycles. The summed E-state index contributed by atoms with van der Waals surface area (Å²) in [5.41, 5.74) is 9.06. The van der Waals surface area contributed by atoms with Gasteiger partial charge in [-0.2, -0.15) is 0 Å². The van der Waals surface area contributed by atoms with Crippen molar-refractivity contribution in [2.45, 2.75) is 12.2 Å². The number of fused-ring (bicyclic) bond motifs is 2. The SMILES string of the molecule is C1=CC2OCOC2C(CNc2ccccc2Oc2ccccc2)=C1.Nc1ccccc1Oc1ccccc1.O=Cc1cccc2c1OCO2. The number of nitrogens with one attached hydrogen (secondary N) is 1. The van der Waals surface area contributed by atoms with Crippen molar-refractivity contribution in [3.63, 3.8) is 0 Å². The Morgan fingerprint density at radius 1 is 0.714 bits per heavy atom. The van der Waals surface area contributed by atoms with Gasteiger partial charge in [-0.25, -0.2) is 0 Å². The third kappa shape index (κ3) is 8.86. The van der Waals surface area contributed by atoms with Crippen LogP contribution in [0.4, 0.5) is 11.4 Å². The number of para-hydroxylation sites is 7. The molecule has 2 atom stereocenters. The van der Waals surface area contributed by atoms with E-state index in [4.69, 9.17) is 34.2 Å². The molecule has 0 radical (unpaired) electrons. The van der Waals surface area contributed by atoms with E-state index < -0.39 is 0 Å². The van der Waals surface area contributed by atoms with E-state index in [0.717, 1.165) is 29.2 Å². The van der Waals surface area contributed by atoms with Crippen molar-refractivity contribution in [1.29, 1.82) is 0 Å². The maximum absolute atomic E-state index is 10.4. The molecule has 0 aromatic heterocycles. The lowest BCUT2D eigenvalue weighted by atomic mass is 9.99. The molecule has 3 N–H and O–H groups in total. The molecule has 0 spiro atoms. The number of carbonyl (C=O) groups is 1. The van der Waals surface area contributed by atoms with Gasteiger partial charge in [-0.05, 0) is 66.2 Å². The summed E-state index contributed by atoms with van der Waals surface area (Å²) in [6.07, 6.45) is 6.94. The maximum atomic E-state index is 10.4. The van der Waals surface area contributed by atoms with E-state index in [-0.39, 0.29) is 19.0 Å². The zero-order chi connectivity index (χ0) is 33.7. The summed E-state index contributed by atoms with van der Waals surface area (Å²) in [6, 6.07) is 40.0. The van der Waals surface area contributed by atoms with E-state index in [2.05, 4.69) is 11.4 Å². The highest BCUT2D eigenvalue weighted by molar-refractivity contribution is 5.81. The van der Waals surface area contributed by atoms with Crippen LogP contribution in [0, 0.1) is 0 Å². The van der Waals surface area contributed by atoms with Gasteiger partial charge in [0.2, 0.25) is 6.79 Å². The monoisotopic (exact) mass is 656 g/mol. The van der Waals surface area contributed by atoms with Crippen LogP contribution >= 0.6 is 0 Å². The Labute approximate surface area is 285 Å². The predicted octanol–water partition coefficient (Wildman–Crippen LogP) is 8.42. The van der Waals surface area contributed by atoms with Crippen LogP contribution in [0.3, 0.4) is 0 Å². The van der Waals surface area contributed by atoms with Crippen molar-refractivity contribution in [2.24, 2.45) is 0 Å². The Morgan fingerprint density at radius 2 is 1.39 bits per heavy atom. The van der Waals surface area contributed by atoms with E-state index in [1.165, 1.54) is 5.57 Å². The number of hydrogen-bond donors (Lipinski definition) is 2. The smallest absolute Gasteiger partial charge is 0.231 e. The van der Waals surface area contributed by atoms with E-state index in [1.807, 2.05) is 121 Å². The van der Waals surface area contributed by atoms with Crippen LogP contribution in [0.1, 0.15) is 10.4 Å². The lowest BCUT2D eigenvalue weighted by Crippen LogP contribution is -2.28. The minimum absolute atomic E-state index is 0.00436. The highest BCUT2D eigenvalue weighted by Gasteiger charge is 2.31. The fraction of sp³-hybridized carbons (Fsp3) is 0.125. The molecular formula is C40H36N2O7. The first-order valence-electron chi connectivity index (χ1n) is 15.8. The summed E-state index contributed by atoms with van der Waals surface area (Å²) in [5, 5.41) is 3.45. The molecule has 9 nitrogen and oxygen atoms in total. The van der Waals surface area contributed by atoms with Gasteiger partial charge in [-0.3, -0.25) is 4.79 Å². The highest BCUT2D eigenvalue weighted by atomic mass is 16.7. The molecule has 2 aliphatic heterocycles. The third-order valence-electron chi connectivity index (χ3n) is 7.57. The van der Waals surface area contributed by atoms with Gasteiger partial charge < -0.3 is 39.5 Å². The van der Waals surface area contributed by atoms with Gasteiger partial charge >= 0.3 is 0 Å². The van der Waals surface area contributed by atoms with Gasteiger partial charge in [0.25, 0.3) is 0 Å². The summed E-state index contributed by atoms with van der Waals surface area (Å²) in [4.78, 5) is 10.4. The second kappa shape index (κ2) is 16.7. The van der Waals surface area contributed by atoms with Crippen molar-refractivity contribution in [2.75, 3.05) is 31.2 Å². The number of aldehydes is 1. The quantitative estimate of drug-likeness (QED) is 0.126. The van der Waals surface area contributed by atoms with Crippen LogP contribution in [0.5, 0.6) is 34.5 Å². The van der Waals surface area contributed by atoms with E-state index >= 15 is 0 Å². The number of allylic oxidation sites excluding steroid dienone is 2. The molecular weight excluding hydrogens is 620 g/mol. The van der Waals surface area contributed by atoms with Gasteiger partial charge in [-0.1, -0.05) is 85.0 Å². The molecule has 1 saturated heterocycles. The summed E-state index contributed by atoms with van der Waals surface area (Å²) >= 11 is 0. The summed E-state index contributed by atoms with van der Waals surface area (Å²) in [6.45, 7) is 1.24. The Morgan fingerprint density at radius 3 is 2.12 bits per heavy atom. The fourth-order valence-corrected chi connectivity index (χ4v) is 5.14. The van der Waals surface area contributed by atoms with Crippen LogP contribution in [0.2, 0.25) is 0 Å². The lowest BCUT2D eigenvalue weighted by molar-refractivity contribution is 0.0488. The van der Waals surface area contributed by atoms with Crippen molar-refractivity contribution in [3.8, 4) is 34.5 Å². The Balaban J connectivity index is 0.000000141. The van der Waals surface area contributed by atoms with E-state index in [0.29, 0.717) is 41.8 Å². The zero-order valence-corrected chi connectivity index (χ0v) is 26.6. The van der Waals surface area contributed by atoms with Gasteiger partial charge in [0.1, 0.15) is 36.2 Å². The molecule has 49 heavy (non-hydrogen) atoms. The first-order chi connectivity index (χ1) is 24.2. The number of nitrogens with two attached hydrogens (primary N) is 1. The first-order valence-corrected chi connectivity index (χ1v) is 15.8. The van der Waals surface area contributed by atoms with E-state index in [1.54, 1.807) is 18.2 Å². The summed E-state index contributed by atoms with van der Waals surface area (Å²) in [5.74, 6) is 4.32. The van der Waals surface area contributed by atoms with Gasteiger partial charge in [0.05, 0.1) is 16.9 Å². The molecule has 3 aliphatic rings. The number of anilines is 2. The molecule has 2 unspecified atom stereocenters. The fourth-order valence-electron chi connectivity index (χ4n) is 5.14. The Hall–Kier alpha value is -6.03. The molecule has 5 aromatic rings. The molecule has 0 saturated carbocycles. The van der Waals surface area contributed by atoms with Gasteiger partial charge in [0.15, 0.2) is 23.5 Å². The molecule has 9 heteroatoms. The average molecular weight is 657 g/mol. The maximum Gasteiger partial charge on any atom is 0.231 e. The number of rotatable bonds is 8. The Kier molecular flexibility index (Phi) is 11.2. The zero-order valence-electron chi connectivity index (χ0n) is 26.6. The minimum atomic E-state index is 0.00436. The van der Waals surface area contributed by atoms with Crippen molar-refractivity contribution >= 4 is 17.7 Å². The highest BCUT2D eigenvalue weighted by Crippen LogP contribution is 2.34. The van der Waals surface area contributed by atoms with Gasteiger partial charge in [0, 0.05) is 6.54 Å². The van der Waals surface area contributed by atoms with Crippen LogP contribution in [-0.4, -0.2) is 38.6 Å². The number of ether oxygens (including phenoxy) is 6. The topological polar surface area (TPSA) is 110 Å². The number of carbonyl (C=O) groups excluding carboxylic acids is 1. The van der Waals surface area contributed by atoms with Gasteiger partial charge in [-0.15, -0.1) is 0 Å². The molecule has 5 aromatic carbocycles. The standard InChI is InChI=1S/C20H19NO3.C12H11NO.C8H6O3/c1-2-8-16(9-3-1)24-18-11-5-4-10-17(18)21-13-15-7-6-12-19-20(15)23-14-22-19;13-11-8-4-5-9-12(11)14-10-6-2-1-3-7-10;9-4-6-2-1-3-7-8(6)11-5-10-7/h1-12,19-21H,13-14H2;1-9H,13H2;1-4H,5H2. The van der Waals surface area contributed by atoms with Crippen LogP contribution in [0.15, 0.2) is 151 Å². The van der Waals surface area contributed by atoms with Crippen LogP contribution in [0.25, 0.3) is 0 Å². The second-order valence-electron chi connectivity index (χ2n) is 10.9. The average Bonchev–Trinajstić information content (AvgIpc) is 3.84. The van der Waals surface area contributed by atoms with E-state index in [9.17, 15) is 4.79 Å².